The van der Waals surface area contributed by atoms with Crippen LogP contribution in [0.15, 0.2) is 12.4 Å². The molecule has 1 aliphatic heterocycles. The van der Waals surface area contributed by atoms with E-state index in [1.54, 1.807) is 6.20 Å². The minimum absolute atomic E-state index is 0.262. The first-order chi connectivity index (χ1) is 6.68. The average Bonchev–Trinajstić information content (AvgIpc) is 2.52. The Hall–Kier alpha value is -1.03. The van der Waals surface area contributed by atoms with E-state index in [-0.39, 0.29) is 5.41 Å². The molecule has 0 saturated carbocycles. The maximum absolute atomic E-state index is 5.54. The lowest BCUT2D eigenvalue weighted by Crippen LogP contribution is -2.43. The summed E-state index contributed by atoms with van der Waals surface area (Å²) < 4.78 is 7.02. The zero-order valence-corrected chi connectivity index (χ0v) is 9.16. The molecule has 2 heterocycles. The van der Waals surface area contributed by atoms with E-state index < -0.39 is 0 Å². The van der Waals surface area contributed by atoms with Crippen molar-refractivity contribution in [1.82, 2.24) is 9.78 Å². The Bertz CT molecular complexity index is 279. The van der Waals surface area contributed by atoms with Gasteiger partial charge in [-0.25, -0.2) is 0 Å². The fraction of sp³-hybridized carbons (Fsp3) is 0.700. The van der Waals surface area contributed by atoms with Crippen LogP contribution in [-0.2, 0) is 11.3 Å². The summed E-state index contributed by atoms with van der Waals surface area (Å²) in [6.07, 6.45) is 3.52. The zero-order valence-electron chi connectivity index (χ0n) is 9.16. The lowest BCUT2D eigenvalue weighted by molar-refractivity contribution is -0.111. The van der Waals surface area contributed by atoms with Crippen LogP contribution in [0.25, 0.3) is 0 Å². The summed E-state index contributed by atoms with van der Waals surface area (Å²) >= 11 is 0. The van der Waals surface area contributed by atoms with Crippen LogP contribution in [0.1, 0.15) is 20.8 Å². The van der Waals surface area contributed by atoms with Crippen LogP contribution in [0.2, 0.25) is 0 Å². The molecule has 0 spiro atoms. The van der Waals surface area contributed by atoms with Gasteiger partial charge in [-0.15, -0.1) is 0 Å². The van der Waals surface area contributed by atoms with E-state index in [2.05, 4.69) is 12.0 Å². The number of nitrogens with zero attached hydrogens (tertiary/aromatic N) is 2. The van der Waals surface area contributed by atoms with E-state index in [1.807, 2.05) is 24.7 Å². The second-order valence-corrected chi connectivity index (χ2v) is 3.77. The van der Waals surface area contributed by atoms with E-state index in [0.29, 0.717) is 0 Å². The molecule has 1 aromatic heterocycles. The number of rotatable bonds is 2. The third-order valence-corrected chi connectivity index (χ3v) is 2.10. The molecule has 0 atom stereocenters. The summed E-state index contributed by atoms with van der Waals surface area (Å²) in [4.78, 5) is 0. The van der Waals surface area contributed by atoms with Crippen LogP contribution in [0.3, 0.4) is 0 Å². The van der Waals surface area contributed by atoms with Gasteiger partial charge < -0.3 is 10.5 Å². The van der Waals surface area contributed by atoms with Crippen molar-refractivity contribution in [2.45, 2.75) is 27.3 Å². The van der Waals surface area contributed by atoms with Gasteiger partial charge in [0.1, 0.15) is 0 Å². The molecule has 2 N–H and O–H groups in total. The maximum Gasteiger partial charge on any atom is 0.0719 e. The molecule has 80 valence electrons. The van der Waals surface area contributed by atoms with Gasteiger partial charge in [0.2, 0.25) is 0 Å². The molecular formula is C10H19N3O. The van der Waals surface area contributed by atoms with E-state index in [4.69, 9.17) is 10.5 Å². The topological polar surface area (TPSA) is 53.1 Å². The quantitative estimate of drug-likeness (QED) is 0.782. The number of aromatic nitrogens is 2. The summed E-state index contributed by atoms with van der Waals surface area (Å²) in [5, 5.41) is 4.12. The second-order valence-electron chi connectivity index (χ2n) is 3.77. The standard InChI is InChI=1S/C8H13N3O.C2H6/c1-8(5-12-6-8)4-11-3-7(9)2-10-11;1-2/h2-3H,4-6,9H2,1H3;1-2H3. The monoisotopic (exact) mass is 197 g/mol. The molecule has 4 nitrogen and oxygen atoms in total. The SMILES string of the molecule is CC.CC1(Cn2cc(N)cn2)COC1. The van der Waals surface area contributed by atoms with E-state index in [0.717, 1.165) is 25.4 Å². The summed E-state index contributed by atoms with van der Waals surface area (Å²) in [6.45, 7) is 8.73. The van der Waals surface area contributed by atoms with Crippen molar-refractivity contribution in [1.29, 1.82) is 0 Å². The summed E-state index contributed by atoms with van der Waals surface area (Å²) in [5.41, 5.74) is 6.53. The largest absolute Gasteiger partial charge is 0.396 e. The highest BCUT2D eigenvalue weighted by Gasteiger charge is 2.33. The minimum atomic E-state index is 0.262. The smallest absolute Gasteiger partial charge is 0.0719 e. The van der Waals surface area contributed by atoms with Crippen molar-refractivity contribution in [3.05, 3.63) is 12.4 Å². The van der Waals surface area contributed by atoms with Crippen molar-refractivity contribution in [2.75, 3.05) is 18.9 Å². The first-order valence-corrected chi connectivity index (χ1v) is 5.04. The third-order valence-electron chi connectivity index (χ3n) is 2.10. The second kappa shape index (κ2) is 4.46. The van der Waals surface area contributed by atoms with Crippen molar-refractivity contribution in [3.63, 3.8) is 0 Å². The predicted octanol–water partition coefficient (Wildman–Crippen LogP) is 1.53. The Labute approximate surface area is 85.0 Å². The van der Waals surface area contributed by atoms with Crippen LogP contribution in [0.5, 0.6) is 0 Å². The fourth-order valence-electron chi connectivity index (χ4n) is 1.40. The average molecular weight is 197 g/mol. The molecule has 0 unspecified atom stereocenters. The molecule has 0 radical (unpaired) electrons. The number of hydrogen-bond donors (Lipinski definition) is 1. The van der Waals surface area contributed by atoms with E-state index >= 15 is 0 Å². The molecule has 4 heteroatoms. The molecular weight excluding hydrogens is 178 g/mol. The number of nitrogens with two attached hydrogens (primary N) is 1. The molecule has 1 fully saturated rings. The highest BCUT2D eigenvalue weighted by molar-refractivity contribution is 5.30. The van der Waals surface area contributed by atoms with Crippen molar-refractivity contribution in [3.8, 4) is 0 Å². The van der Waals surface area contributed by atoms with Crippen LogP contribution in [0, 0.1) is 5.41 Å². The Kier molecular flexibility index (Phi) is 3.52. The van der Waals surface area contributed by atoms with Gasteiger partial charge >= 0.3 is 0 Å². The highest BCUT2D eigenvalue weighted by atomic mass is 16.5. The van der Waals surface area contributed by atoms with E-state index in [1.165, 1.54) is 0 Å². The maximum atomic E-state index is 5.54. The number of anilines is 1. The van der Waals surface area contributed by atoms with Gasteiger partial charge in [0.05, 0.1) is 31.6 Å². The van der Waals surface area contributed by atoms with Gasteiger partial charge in [0.15, 0.2) is 0 Å². The predicted molar refractivity (Wildman–Crippen MR) is 56.9 cm³/mol. The van der Waals surface area contributed by atoms with Gasteiger partial charge in [-0.1, -0.05) is 20.8 Å². The first-order valence-electron chi connectivity index (χ1n) is 5.04. The number of ether oxygens (including phenoxy) is 1. The molecule has 0 aliphatic carbocycles. The molecule has 14 heavy (non-hydrogen) atoms. The molecule has 0 aromatic carbocycles. The van der Waals surface area contributed by atoms with Gasteiger partial charge in [-0.3, -0.25) is 4.68 Å². The zero-order chi connectivity index (χ0) is 10.6. The van der Waals surface area contributed by atoms with E-state index in [9.17, 15) is 0 Å². The number of hydrogen-bond acceptors (Lipinski definition) is 3. The van der Waals surface area contributed by atoms with Crippen LogP contribution in [-0.4, -0.2) is 23.0 Å². The lowest BCUT2D eigenvalue weighted by atomic mass is 9.89. The van der Waals surface area contributed by atoms with Crippen molar-refractivity contribution >= 4 is 5.69 Å². The van der Waals surface area contributed by atoms with Gasteiger partial charge in [0.25, 0.3) is 0 Å². The van der Waals surface area contributed by atoms with Crippen LogP contribution < -0.4 is 5.73 Å². The normalized spacial score (nSPS) is 17.9. The lowest BCUT2D eigenvalue weighted by Gasteiger charge is -2.37. The summed E-state index contributed by atoms with van der Waals surface area (Å²) in [6, 6.07) is 0. The number of nitrogen functional groups attached to an aromatic ring is 1. The van der Waals surface area contributed by atoms with Gasteiger partial charge in [0, 0.05) is 11.6 Å². The van der Waals surface area contributed by atoms with Crippen molar-refractivity contribution < 1.29 is 4.74 Å². The molecule has 0 bridgehead atoms. The van der Waals surface area contributed by atoms with Gasteiger partial charge in [-0.2, -0.15) is 5.10 Å². The summed E-state index contributed by atoms with van der Waals surface area (Å²) in [5.74, 6) is 0. The Morgan fingerprint density at radius 1 is 1.57 bits per heavy atom. The molecule has 1 saturated heterocycles. The molecule has 1 aliphatic rings. The minimum Gasteiger partial charge on any atom is -0.396 e. The Balaban J connectivity index is 0.000000461. The Morgan fingerprint density at radius 3 is 2.57 bits per heavy atom. The molecule has 0 amide bonds. The van der Waals surface area contributed by atoms with Gasteiger partial charge in [-0.05, 0) is 0 Å². The fourth-order valence-corrected chi connectivity index (χ4v) is 1.40. The third kappa shape index (κ3) is 2.48. The highest BCUT2D eigenvalue weighted by Crippen LogP contribution is 2.28. The molecule has 1 aromatic rings. The summed E-state index contributed by atoms with van der Waals surface area (Å²) in [7, 11) is 0. The Morgan fingerprint density at radius 2 is 2.21 bits per heavy atom. The first kappa shape index (κ1) is 11.0. The van der Waals surface area contributed by atoms with Crippen LogP contribution in [0.4, 0.5) is 5.69 Å². The van der Waals surface area contributed by atoms with Crippen molar-refractivity contribution in [2.24, 2.45) is 5.41 Å². The van der Waals surface area contributed by atoms with Crippen LogP contribution >= 0.6 is 0 Å². The molecule has 2 rings (SSSR count).